The highest BCUT2D eigenvalue weighted by Crippen LogP contribution is 2.11. The predicted octanol–water partition coefficient (Wildman–Crippen LogP) is -0.192. The van der Waals surface area contributed by atoms with Gasteiger partial charge in [0.1, 0.15) is 31.9 Å². The molecule has 3 N–H and O–H groups in total. The second kappa shape index (κ2) is 10.6. The number of nitrogens with one attached hydrogen (secondary N) is 3. The van der Waals surface area contributed by atoms with Gasteiger partial charge >= 0.3 is 0 Å². The van der Waals surface area contributed by atoms with E-state index < -0.39 is 0 Å². The third kappa shape index (κ3) is 6.51. The van der Waals surface area contributed by atoms with Crippen LogP contribution in [0.5, 0.6) is 5.75 Å². The van der Waals surface area contributed by atoms with Crippen molar-refractivity contribution < 1.29 is 19.3 Å². The van der Waals surface area contributed by atoms with Crippen LogP contribution in [0.2, 0.25) is 0 Å². The van der Waals surface area contributed by atoms with Crippen LogP contribution in [-0.2, 0) is 11.3 Å². The van der Waals surface area contributed by atoms with Crippen LogP contribution < -0.4 is 19.9 Å². The van der Waals surface area contributed by atoms with Crippen molar-refractivity contribution in [1.29, 1.82) is 0 Å². The van der Waals surface area contributed by atoms with E-state index in [1.54, 1.807) is 12.0 Å². The number of carbonyl (C=O) groups is 1. The van der Waals surface area contributed by atoms with Gasteiger partial charge in [-0.25, -0.2) is 0 Å². The van der Waals surface area contributed by atoms with E-state index in [2.05, 4.69) is 41.7 Å². The van der Waals surface area contributed by atoms with Crippen molar-refractivity contribution in [3.8, 4) is 5.75 Å². The van der Waals surface area contributed by atoms with E-state index in [0.717, 1.165) is 44.0 Å². The molecular weight excluding hydrogens is 350 g/mol. The van der Waals surface area contributed by atoms with E-state index >= 15 is 0 Å². The molecule has 1 fully saturated rings. The zero-order valence-corrected chi connectivity index (χ0v) is 16.6. The Bertz CT molecular complexity index is 768. The van der Waals surface area contributed by atoms with Crippen molar-refractivity contribution in [3.05, 3.63) is 71.8 Å². The smallest absolute Gasteiger partial charge is 0.275 e. The summed E-state index contributed by atoms with van der Waals surface area (Å²) < 4.78 is 5.22. The highest BCUT2D eigenvalue weighted by atomic mass is 16.5. The molecule has 3 rings (SSSR count). The van der Waals surface area contributed by atoms with Gasteiger partial charge in [0.15, 0.2) is 6.54 Å². The molecule has 0 saturated carbocycles. The van der Waals surface area contributed by atoms with Gasteiger partial charge in [-0.1, -0.05) is 48.5 Å². The molecule has 1 aliphatic rings. The summed E-state index contributed by atoms with van der Waals surface area (Å²) >= 11 is 0. The first-order chi connectivity index (χ1) is 13.7. The molecule has 0 aliphatic carbocycles. The third-order valence-corrected chi connectivity index (χ3v) is 5.22. The van der Waals surface area contributed by atoms with E-state index in [0.29, 0.717) is 13.1 Å². The SMILES string of the molecule is COc1cccc(CNC(=O)C[NH+]2CC[NH+](C/C=C/c3ccccc3)CC2)c1. The Labute approximate surface area is 167 Å². The van der Waals surface area contributed by atoms with Crippen LogP contribution in [0.25, 0.3) is 6.08 Å². The molecule has 0 bridgehead atoms. The number of ether oxygens (including phenoxy) is 1. The first kappa shape index (κ1) is 20.1. The predicted molar refractivity (Wildman–Crippen MR) is 111 cm³/mol. The highest BCUT2D eigenvalue weighted by molar-refractivity contribution is 5.76. The summed E-state index contributed by atoms with van der Waals surface area (Å²) in [4.78, 5) is 15.2. The molecule has 2 aromatic rings. The van der Waals surface area contributed by atoms with Crippen molar-refractivity contribution in [2.45, 2.75) is 6.54 Å². The van der Waals surface area contributed by atoms with Gasteiger partial charge in [-0.05, 0) is 29.3 Å². The molecule has 148 valence electrons. The monoisotopic (exact) mass is 381 g/mol. The normalized spacial score (nSPS) is 19.5. The molecule has 5 nitrogen and oxygen atoms in total. The lowest BCUT2D eigenvalue weighted by Gasteiger charge is -2.28. The summed E-state index contributed by atoms with van der Waals surface area (Å²) in [6.07, 6.45) is 4.45. The Morgan fingerprint density at radius 1 is 1.04 bits per heavy atom. The van der Waals surface area contributed by atoms with Gasteiger partial charge in [0, 0.05) is 6.54 Å². The minimum absolute atomic E-state index is 0.116. The standard InChI is InChI=1S/C23H29N3O2/c1-28-22-11-5-9-21(17-22)18-24-23(27)19-26-15-13-25(14-16-26)12-6-10-20-7-3-2-4-8-20/h2-11,17H,12-16,18-19H2,1H3,(H,24,27)/p+2/b10-6+. The summed E-state index contributed by atoms with van der Waals surface area (Å²) in [6.45, 7) is 6.45. The minimum Gasteiger partial charge on any atom is -0.497 e. The molecule has 0 unspecified atom stereocenters. The lowest BCUT2D eigenvalue weighted by Crippen LogP contribution is -3.28. The summed E-state index contributed by atoms with van der Waals surface area (Å²) in [5.74, 6) is 0.933. The van der Waals surface area contributed by atoms with Gasteiger partial charge in [-0.2, -0.15) is 0 Å². The van der Waals surface area contributed by atoms with Gasteiger partial charge in [-0.15, -0.1) is 0 Å². The number of benzene rings is 2. The van der Waals surface area contributed by atoms with Crippen molar-refractivity contribution in [1.82, 2.24) is 5.32 Å². The maximum Gasteiger partial charge on any atom is 0.275 e. The van der Waals surface area contributed by atoms with E-state index in [-0.39, 0.29) is 5.91 Å². The fourth-order valence-corrected chi connectivity index (χ4v) is 3.54. The van der Waals surface area contributed by atoms with Crippen molar-refractivity contribution in [2.24, 2.45) is 0 Å². The van der Waals surface area contributed by atoms with Crippen LogP contribution in [-0.4, -0.2) is 52.3 Å². The zero-order chi connectivity index (χ0) is 19.6. The van der Waals surface area contributed by atoms with Crippen LogP contribution in [0.1, 0.15) is 11.1 Å². The first-order valence-electron chi connectivity index (χ1n) is 10.0. The number of hydrogen-bond donors (Lipinski definition) is 3. The fourth-order valence-electron chi connectivity index (χ4n) is 3.54. The average molecular weight is 382 g/mol. The van der Waals surface area contributed by atoms with Crippen LogP contribution in [0, 0.1) is 0 Å². The number of rotatable bonds is 8. The first-order valence-corrected chi connectivity index (χ1v) is 10.0. The van der Waals surface area contributed by atoms with Gasteiger partial charge < -0.3 is 19.9 Å². The minimum atomic E-state index is 0.116. The number of quaternary nitrogens is 2. The number of carbonyl (C=O) groups excluding carboxylic acids is 1. The summed E-state index contributed by atoms with van der Waals surface area (Å²) in [5, 5.41) is 3.03. The summed E-state index contributed by atoms with van der Waals surface area (Å²) in [7, 11) is 1.65. The molecule has 5 heteroatoms. The molecule has 1 aliphatic heterocycles. The van der Waals surface area contributed by atoms with Crippen LogP contribution in [0.15, 0.2) is 60.7 Å². The van der Waals surface area contributed by atoms with Crippen molar-refractivity contribution in [2.75, 3.05) is 46.4 Å². The Balaban J connectivity index is 1.34. The van der Waals surface area contributed by atoms with Crippen molar-refractivity contribution >= 4 is 12.0 Å². The molecule has 1 amide bonds. The summed E-state index contributed by atoms with van der Waals surface area (Å²) in [5.41, 5.74) is 2.31. The maximum atomic E-state index is 12.3. The average Bonchev–Trinajstić information content (AvgIpc) is 2.74. The van der Waals surface area contributed by atoms with E-state index in [1.165, 1.54) is 10.5 Å². The van der Waals surface area contributed by atoms with Crippen molar-refractivity contribution in [3.63, 3.8) is 0 Å². The van der Waals surface area contributed by atoms with Crippen LogP contribution in [0.3, 0.4) is 0 Å². The van der Waals surface area contributed by atoms with E-state index in [4.69, 9.17) is 4.74 Å². The fraction of sp³-hybridized carbons (Fsp3) is 0.348. The Morgan fingerprint density at radius 2 is 1.79 bits per heavy atom. The largest absolute Gasteiger partial charge is 0.497 e. The molecule has 1 heterocycles. The van der Waals surface area contributed by atoms with E-state index in [1.807, 2.05) is 30.3 Å². The topological polar surface area (TPSA) is 47.2 Å². The molecule has 0 aromatic heterocycles. The number of methoxy groups -OCH3 is 1. The van der Waals surface area contributed by atoms with Crippen LogP contribution in [0.4, 0.5) is 0 Å². The molecular formula is C23H31N3O2+2. The number of piperazine rings is 1. The second-order valence-corrected chi connectivity index (χ2v) is 7.32. The molecule has 2 aromatic carbocycles. The lowest BCUT2D eigenvalue weighted by molar-refractivity contribution is -1.01. The highest BCUT2D eigenvalue weighted by Gasteiger charge is 2.23. The van der Waals surface area contributed by atoms with E-state index in [9.17, 15) is 4.79 Å². The van der Waals surface area contributed by atoms with Gasteiger partial charge in [0.05, 0.1) is 13.7 Å². The number of amides is 1. The quantitative estimate of drug-likeness (QED) is 0.594. The molecule has 1 saturated heterocycles. The molecule has 0 atom stereocenters. The number of hydrogen-bond acceptors (Lipinski definition) is 2. The maximum absolute atomic E-state index is 12.3. The van der Waals surface area contributed by atoms with Gasteiger partial charge in [-0.3, -0.25) is 4.79 Å². The van der Waals surface area contributed by atoms with Gasteiger partial charge in [0.25, 0.3) is 5.91 Å². The van der Waals surface area contributed by atoms with Gasteiger partial charge in [0.2, 0.25) is 0 Å². The second-order valence-electron chi connectivity index (χ2n) is 7.32. The van der Waals surface area contributed by atoms with Crippen LogP contribution >= 0.6 is 0 Å². The Morgan fingerprint density at radius 3 is 2.54 bits per heavy atom. The Kier molecular flexibility index (Phi) is 7.64. The lowest BCUT2D eigenvalue weighted by atomic mass is 10.2. The third-order valence-electron chi connectivity index (χ3n) is 5.22. The molecule has 0 spiro atoms. The Hall–Kier alpha value is -2.63. The summed E-state index contributed by atoms with van der Waals surface area (Å²) in [6, 6.07) is 18.2. The molecule has 0 radical (unpaired) electrons. The zero-order valence-electron chi connectivity index (χ0n) is 16.6. The molecule has 28 heavy (non-hydrogen) atoms.